The summed E-state index contributed by atoms with van der Waals surface area (Å²) in [5, 5.41) is 10.5. The molecule has 0 aliphatic rings. The molecule has 2 aromatic carbocycles. The van der Waals surface area contributed by atoms with Gasteiger partial charge in [-0.1, -0.05) is 85.0 Å². The predicted octanol–water partition coefficient (Wildman–Crippen LogP) is 7.90. The zero-order valence-corrected chi connectivity index (χ0v) is 21.8. The molecular weight excluding hydrogens is 414 g/mol. The van der Waals surface area contributed by atoms with Crippen molar-refractivity contribution in [3.05, 3.63) is 123 Å². The van der Waals surface area contributed by atoms with Crippen molar-refractivity contribution < 1.29 is 20.4 Å². The topological polar surface area (TPSA) is 42.3 Å². The van der Waals surface area contributed by atoms with E-state index < -0.39 is 0 Å². The number of rotatable bonds is 4. The van der Waals surface area contributed by atoms with Crippen LogP contribution in [0.25, 0.3) is 28.1 Å². The second-order valence-corrected chi connectivity index (χ2v) is 6.29. The van der Waals surface area contributed by atoms with Gasteiger partial charge in [0.15, 0.2) is 0 Å². The molecule has 0 aliphatic carbocycles. The van der Waals surface area contributed by atoms with E-state index in [0.29, 0.717) is 0 Å². The third-order valence-corrected chi connectivity index (χ3v) is 2.99. The van der Waals surface area contributed by atoms with Crippen LogP contribution in [-0.2, 0) is 20.4 Å². The summed E-state index contributed by atoms with van der Waals surface area (Å²) < 4.78 is 2.00. The van der Waals surface area contributed by atoms with Gasteiger partial charge in [0.05, 0.1) is 0 Å². The zero-order chi connectivity index (χ0) is 24.0. The van der Waals surface area contributed by atoms with E-state index in [1.54, 1.807) is 42.3 Å². The Bertz CT molecular complexity index is 601. The molecule has 4 heteroatoms. The second kappa shape index (κ2) is 32.7. The molecule has 0 bridgehead atoms. The summed E-state index contributed by atoms with van der Waals surface area (Å²) in [7, 11) is 10.5. The van der Waals surface area contributed by atoms with Crippen molar-refractivity contribution in [1.82, 2.24) is 0 Å². The van der Waals surface area contributed by atoms with Crippen LogP contribution in [0, 0.1) is 0 Å². The van der Waals surface area contributed by atoms with Crippen molar-refractivity contribution in [2.24, 2.45) is 0 Å². The normalized spacial score (nSPS) is 9.84. The van der Waals surface area contributed by atoms with Gasteiger partial charge in [0.2, 0.25) is 0 Å². The van der Waals surface area contributed by atoms with Crippen LogP contribution in [0.1, 0.15) is 18.1 Å². The molecule has 0 atom stereocenters. The summed E-state index contributed by atoms with van der Waals surface area (Å²) in [4.78, 5) is 0. The van der Waals surface area contributed by atoms with Crippen molar-refractivity contribution in [2.45, 2.75) is 6.92 Å². The van der Waals surface area contributed by atoms with Crippen LogP contribution in [0.5, 0.6) is 0 Å². The van der Waals surface area contributed by atoms with E-state index in [1.165, 1.54) is 11.1 Å². The monoisotopic (exact) mass is 453 g/mol. The van der Waals surface area contributed by atoms with Gasteiger partial charge in [0, 0.05) is 0 Å². The molecule has 0 saturated carbocycles. The third kappa shape index (κ3) is 32.9. The molecule has 31 heavy (non-hydrogen) atoms. The molecule has 0 unspecified atom stereocenters. The third-order valence-electron chi connectivity index (χ3n) is 2.69. The Labute approximate surface area is 203 Å². The first-order valence-electron chi connectivity index (χ1n) is 9.95. The summed E-state index contributed by atoms with van der Waals surface area (Å²) in [6.07, 6.45) is 14.3. The zero-order valence-electron chi connectivity index (χ0n) is 20.2. The van der Waals surface area contributed by atoms with Crippen molar-refractivity contribution in [2.75, 3.05) is 42.3 Å². The van der Waals surface area contributed by atoms with Gasteiger partial charge in [0.25, 0.3) is 0 Å². The van der Waals surface area contributed by atoms with Gasteiger partial charge in [0.1, 0.15) is 0 Å². The molecule has 0 aromatic heterocycles. The maximum Gasteiger partial charge on any atom is -0.162 e. The summed E-state index contributed by atoms with van der Waals surface area (Å²) in [6.45, 7) is 2.00. The fourth-order valence-electron chi connectivity index (χ4n) is 1.63. The number of nitrogens with zero attached hydrogens (tertiary/aromatic N) is 3. The van der Waals surface area contributed by atoms with Gasteiger partial charge < -0.3 is 16.0 Å². The van der Waals surface area contributed by atoms with E-state index in [2.05, 4.69) is 64.5 Å². The Kier molecular flexibility index (Phi) is 35.4. The first kappa shape index (κ1) is 33.6. The van der Waals surface area contributed by atoms with E-state index in [1.807, 2.05) is 86.4 Å². The van der Waals surface area contributed by atoms with Crippen LogP contribution in [-0.4, -0.2) is 42.3 Å². The maximum absolute atomic E-state index is 3.50. The Morgan fingerprint density at radius 1 is 0.548 bits per heavy atom. The smallest absolute Gasteiger partial charge is 0.162 e. The SMILES string of the molecule is C(C=Cc1ccccc1)=Cc1ccccc1.CC=CC=[CH][Ti+3].C[N-]C.C[N-]C.C[N-]C. The number of hydrogen-bond donors (Lipinski definition) is 0. The van der Waals surface area contributed by atoms with E-state index in [0.717, 1.165) is 0 Å². The molecule has 166 valence electrons. The van der Waals surface area contributed by atoms with Crippen LogP contribution in [0.4, 0.5) is 0 Å². The molecule has 0 N–H and O–H groups in total. The minimum atomic E-state index is 1.22. The molecule has 0 heterocycles. The van der Waals surface area contributed by atoms with E-state index in [4.69, 9.17) is 0 Å². The van der Waals surface area contributed by atoms with Gasteiger partial charge in [-0.15, -0.1) is 0 Å². The van der Waals surface area contributed by atoms with Crippen LogP contribution >= 0.6 is 0 Å². The Morgan fingerprint density at radius 2 is 0.871 bits per heavy atom. The standard InChI is InChI=1S/C16H14.C5H7.3C2H6N.Ti/c1-3-9-15(10-4-1)13-7-8-14-16-11-5-2-6-12-16;1-3-5-4-2;3*1-3-2;/h1-14H;1,3-5H,2H3;3*1-2H3;/q;;3*-1;+3. The van der Waals surface area contributed by atoms with Crippen molar-refractivity contribution in [3.8, 4) is 0 Å². The number of hydrogen-bond acceptors (Lipinski definition) is 0. The fraction of sp³-hybridized carbons (Fsp3) is 0.259. The average Bonchev–Trinajstić information content (AvgIpc) is 2.79. The largest absolute Gasteiger partial charge is 0.668 e. The molecule has 0 spiro atoms. The predicted molar refractivity (Wildman–Crippen MR) is 141 cm³/mol. The minimum Gasteiger partial charge on any atom is -0.668 e. The number of allylic oxidation sites excluding steroid dienone is 5. The van der Waals surface area contributed by atoms with Gasteiger partial charge in [-0.05, 0) is 11.1 Å². The molecule has 0 fully saturated rings. The maximum atomic E-state index is 3.50. The summed E-state index contributed by atoms with van der Waals surface area (Å²) in [5.41, 5.74) is 2.44. The molecule has 3 nitrogen and oxygen atoms in total. The van der Waals surface area contributed by atoms with Gasteiger partial charge in [-0.25, -0.2) is 0 Å². The minimum absolute atomic E-state index is 1.22. The average molecular weight is 453 g/mol. The molecule has 2 aromatic rings. The summed E-state index contributed by atoms with van der Waals surface area (Å²) >= 11 is 2.00. The summed E-state index contributed by atoms with van der Waals surface area (Å²) in [5.74, 6) is 0. The molecule has 0 saturated heterocycles. The Balaban J connectivity index is -0.000000433. The van der Waals surface area contributed by atoms with Crippen molar-refractivity contribution >= 4 is 12.2 Å². The Morgan fingerprint density at radius 3 is 1.10 bits per heavy atom. The quantitative estimate of drug-likeness (QED) is 0.334. The molecule has 0 aliphatic heterocycles. The fourth-order valence-corrected chi connectivity index (χ4v) is 1.80. The van der Waals surface area contributed by atoms with Crippen molar-refractivity contribution in [3.63, 3.8) is 0 Å². The molecule has 0 radical (unpaired) electrons. The second-order valence-electron chi connectivity index (χ2n) is 5.77. The first-order valence-corrected chi connectivity index (χ1v) is 10.8. The van der Waals surface area contributed by atoms with Crippen LogP contribution in [0.3, 0.4) is 0 Å². The first-order chi connectivity index (χ1) is 15.1. The Hall–Kier alpha value is -2.01. The van der Waals surface area contributed by atoms with Gasteiger partial charge in [-0.3, -0.25) is 0 Å². The van der Waals surface area contributed by atoms with Gasteiger partial charge in [-0.2, -0.15) is 42.3 Å². The molecule has 0 amide bonds. The van der Waals surface area contributed by atoms with E-state index in [9.17, 15) is 0 Å². The summed E-state index contributed by atoms with van der Waals surface area (Å²) in [6, 6.07) is 20.6. The van der Waals surface area contributed by atoms with Gasteiger partial charge >= 0.3 is 50.0 Å². The molecular formula is C27H39N3Ti. The molecule has 2 rings (SSSR count). The van der Waals surface area contributed by atoms with E-state index in [-0.39, 0.29) is 0 Å². The number of benzene rings is 2. The van der Waals surface area contributed by atoms with Crippen LogP contribution in [0.2, 0.25) is 0 Å². The van der Waals surface area contributed by atoms with Crippen LogP contribution < -0.4 is 0 Å². The van der Waals surface area contributed by atoms with E-state index >= 15 is 0 Å². The van der Waals surface area contributed by atoms with Crippen LogP contribution in [0.15, 0.2) is 95.4 Å². The van der Waals surface area contributed by atoms with Crippen molar-refractivity contribution in [1.29, 1.82) is 0 Å².